The fraction of sp³-hybridized carbons (Fsp3) is 0.520. The van der Waals surface area contributed by atoms with Gasteiger partial charge in [0.05, 0.1) is 28.5 Å². The van der Waals surface area contributed by atoms with E-state index in [-0.39, 0.29) is 29.3 Å². The monoisotopic (exact) mass is 565 g/mol. The van der Waals surface area contributed by atoms with E-state index in [2.05, 4.69) is 34.0 Å². The fourth-order valence-electron chi connectivity index (χ4n) is 5.24. The number of carbonyl (C=O) groups excluding carboxylic acids is 1. The number of fused-ring (bicyclic) bond motifs is 1. The van der Waals surface area contributed by atoms with Crippen LogP contribution in [0.5, 0.6) is 0 Å². The van der Waals surface area contributed by atoms with Crippen LogP contribution in [0.4, 0.5) is 17.6 Å². The van der Waals surface area contributed by atoms with Crippen LogP contribution in [-0.4, -0.2) is 44.7 Å². The highest BCUT2D eigenvalue weighted by Gasteiger charge is 2.34. The number of nitrogens with zero attached hydrogens (tertiary/aromatic N) is 4. The van der Waals surface area contributed by atoms with Gasteiger partial charge in [-0.05, 0) is 44.2 Å². The summed E-state index contributed by atoms with van der Waals surface area (Å²) in [4.78, 5) is 26.0. The maximum Gasteiger partial charge on any atom is 0.225 e. The number of hydrogen-bond acceptors (Lipinski definition) is 7. The van der Waals surface area contributed by atoms with Crippen molar-refractivity contribution < 1.29 is 9.53 Å². The summed E-state index contributed by atoms with van der Waals surface area (Å²) >= 11 is 19.0. The molecule has 12 heteroatoms. The molecule has 0 radical (unpaired) electrons. The molecule has 2 aromatic heterocycles. The third-order valence-corrected chi connectivity index (χ3v) is 8.23. The van der Waals surface area contributed by atoms with Crippen molar-refractivity contribution >= 4 is 69.5 Å². The summed E-state index contributed by atoms with van der Waals surface area (Å²) in [5.41, 5.74) is 7.36. The van der Waals surface area contributed by atoms with Crippen LogP contribution < -0.4 is 16.4 Å². The number of benzene rings is 1. The Hall–Kier alpha value is -2.33. The van der Waals surface area contributed by atoms with E-state index in [4.69, 9.17) is 55.2 Å². The minimum Gasteiger partial charge on any atom is -0.381 e. The summed E-state index contributed by atoms with van der Waals surface area (Å²) in [6.07, 6.45) is 5.51. The SMILES string of the molecule is CC1(C)COCC[C@H]1Nc1ncc2nc(Nc3c(Cl)cc(Cl)cc3Cl)n([C@H]3CC[C@@H](C(N)=O)CC3)c2n1. The Morgan fingerprint density at radius 3 is 2.46 bits per heavy atom. The van der Waals surface area contributed by atoms with Crippen LogP contribution >= 0.6 is 34.8 Å². The van der Waals surface area contributed by atoms with Crippen molar-refractivity contribution in [1.82, 2.24) is 19.5 Å². The molecule has 0 unspecified atom stereocenters. The average molecular weight is 567 g/mol. The molecule has 0 spiro atoms. The third-order valence-electron chi connectivity index (χ3n) is 7.41. The number of amides is 1. The normalized spacial score (nSPS) is 23.6. The number of primary amides is 1. The van der Waals surface area contributed by atoms with Crippen molar-refractivity contribution in [3.8, 4) is 0 Å². The van der Waals surface area contributed by atoms with Crippen LogP contribution in [0.3, 0.4) is 0 Å². The summed E-state index contributed by atoms with van der Waals surface area (Å²) in [5, 5.41) is 8.02. The van der Waals surface area contributed by atoms with Gasteiger partial charge in [0, 0.05) is 35.0 Å². The molecule has 9 nitrogen and oxygen atoms in total. The molecule has 1 aliphatic carbocycles. The Bertz CT molecular complexity index is 1300. The second kappa shape index (κ2) is 10.4. The van der Waals surface area contributed by atoms with Gasteiger partial charge in [-0.15, -0.1) is 0 Å². The Labute approximate surface area is 230 Å². The second-order valence-corrected chi connectivity index (χ2v) is 11.8. The molecule has 1 aliphatic heterocycles. The zero-order valence-electron chi connectivity index (χ0n) is 20.7. The van der Waals surface area contributed by atoms with Crippen molar-refractivity contribution in [1.29, 1.82) is 0 Å². The Morgan fingerprint density at radius 1 is 1.11 bits per heavy atom. The number of aromatic nitrogens is 4. The standard InChI is InChI=1S/C25H30Cl3N7O2/c1-25(2)12-37-8-7-19(25)32-23-30-11-18-22(34-23)35(15-5-3-13(4-6-15)21(29)36)24(31-18)33-20-16(27)9-14(26)10-17(20)28/h9-11,13,15,19H,3-8,12H2,1-2H3,(H2,29,36)(H,31,33)(H,30,32,34)/t13-,15+,19-/m1/s1. The Balaban J connectivity index is 1.53. The minimum absolute atomic E-state index is 0.0511. The van der Waals surface area contributed by atoms with E-state index in [1.165, 1.54) is 0 Å². The van der Waals surface area contributed by atoms with Gasteiger partial charge in [0.2, 0.25) is 17.8 Å². The molecular weight excluding hydrogens is 537 g/mol. The Kier molecular flexibility index (Phi) is 7.42. The smallest absolute Gasteiger partial charge is 0.225 e. The number of rotatable bonds is 6. The highest BCUT2D eigenvalue weighted by atomic mass is 35.5. The van der Waals surface area contributed by atoms with Gasteiger partial charge in [0.1, 0.15) is 5.52 Å². The number of anilines is 3. The maximum absolute atomic E-state index is 11.8. The molecule has 37 heavy (non-hydrogen) atoms. The first kappa shape index (κ1) is 26.3. The van der Waals surface area contributed by atoms with E-state index < -0.39 is 0 Å². The first-order valence-corrected chi connectivity index (χ1v) is 13.6. The number of imidazole rings is 1. The third kappa shape index (κ3) is 5.46. The lowest BCUT2D eigenvalue weighted by atomic mass is 9.82. The van der Waals surface area contributed by atoms with Crippen molar-refractivity contribution in [2.24, 2.45) is 17.1 Å². The summed E-state index contributed by atoms with van der Waals surface area (Å²) in [7, 11) is 0. The second-order valence-electron chi connectivity index (χ2n) is 10.5. The van der Waals surface area contributed by atoms with E-state index in [1.807, 2.05) is 0 Å². The summed E-state index contributed by atoms with van der Waals surface area (Å²) in [6.45, 7) is 5.71. The molecule has 3 heterocycles. The number of carbonyl (C=O) groups is 1. The summed E-state index contributed by atoms with van der Waals surface area (Å²) in [5.74, 6) is 0.708. The number of nitrogens with two attached hydrogens (primary N) is 1. The number of ether oxygens (including phenoxy) is 1. The van der Waals surface area contributed by atoms with E-state index in [1.54, 1.807) is 18.3 Å². The Morgan fingerprint density at radius 2 is 1.81 bits per heavy atom. The minimum atomic E-state index is -0.250. The molecular formula is C25H30Cl3N7O2. The topological polar surface area (TPSA) is 120 Å². The molecule has 2 aliphatic rings. The predicted octanol–water partition coefficient (Wildman–Crippen LogP) is 5.97. The van der Waals surface area contributed by atoms with E-state index >= 15 is 0 Å². The molecule has 1 saturated heterocycles. The number of nitrogens with one attached hydrogen (secondary N) is 2. The van der Waals surface area contributed by atoms with Gasteiger partial charge in [-0.3, -0.25) is 9.36 Å². The molecule has 4 N–H and O–H groups in total. The first-order chi connectivity index (χ1) is 17.6. The van der Waals surface area contributed by atoms with Gasteiger partial charge < -0.3 is 21.1 Å². The predicted molar refractivity (Wildman–Crippen MR) is 147 cm³/mol. The zero-order valence-corrected chi connectivity index (χ0v) is 23.0. The van der Waals surface area contributed by atoms with Crippen molar-refractivity contribution in [2.45, 2.75) is 58.0 Å². The van der Waals surface area contributed by atoms with E-state index in [0.29, 0.717) is 69.9 Å². The van der Waals surface area contributed by atoms with Crippen molar-refractivity contribution in [2.75, 3.05) is 23.8 Å². The van der Waals surface area contributed by atoms with Gasteiger partial charge in [-0.1, -0.05) is 48.7 Å². The van der Waals surface area contributed by atoms with E-state index in [0.717, 1.165) is 19.3 Å². The molecule has 1 saturated carbocycles. The molecule has 5 rings (SSSR count). The molecule has 2 fully saturated rings. The van der Waals surface area contributed by atoms with Crippen LogP contribution in [-0.2, 0) is 9.53 Å². The first-order valence-electron chi connectivity index (χ1n) is 12.4. The lowest BCUT2D eigenvalue weighted by Crippen LogP contribution is -2.44. The quantitative estimate of drug-likeness (QED) is 0.336. The highest BCUT2D eigenvalue weighted by Crippen LogP contribution is 2.40. The largest absolute Gasteiger partial charge is 0.381 e. The van der Waals surface area contributed by atoms with Crippen LogP contribution in [0.2, 0.25) is 15.1 Å². The van der Waals surface area contributed by atoms with Crippen LogP contribution in [0.1, 0.15) is 52.0 Å². The highest BCUT2D eigenvalue weighted by molar-refractivity contribution is 6.41. The lowest BCUT2D eigenvalue weighted by Gasteiger charge is -2.38. The lowest BCUT2D eigenvalue weighted by molar-refractivity contribution is -0.122. The van der Waals surface area contributed by atoms with Crippen LogP contribution in [0, 0.1) is 11.3 Å². The van der Waals surface area contributed by atoms with Crippen molar-refractivity contribution in [3.05, 3.63) is 33.4 Å². The van der Waals surface area contributed by atoms with Gasteiger partial charge in [-0.2, -0.15) is 4.98 Å². The van der Waals surface area contributed by atoms with Crippen LogP contribution in [0.15, 0.2) is 18.3 Å². The van der Waals surface area contributed by atoms with Gasteiger partial charge >= 0.3 is 0 Å². The molecule has 1 amide bonds. The fourth-order valence-corrected chi connectivity index (χ4v) is 6.15. The molecule has 198 valence electrons. The van der Waals surface area contributed by atoms with Gasteiger partial charge in [0.15, 0.2) is 5.65 Å². The molecule has 0 bridgehead atoms. The van der Waals surface area contributed by atoms with Gasteiger partial charge in [-0.25, -0.2) is 9.97 Å². The summed E-state index contributed by atoms with van der Waals surface area (Å²) < 4.78 is 7.73. The molecule has 1 aromatic carbocycles. The number of halogens is 3. The molecule has 1 atom stereocenters. The van der Waals surface area contributed by atoms with Crippen molar-refractivity contribution in [3.63, 3.8) is 0 Å². The van der Waals surface area contributed by atoms with Crippen LogP contribution in [0.25, 0.3) is 11.2 Å². The number of hydrogen-bond donors (Lipinski definition) is 3. The zero-order chi connectivity index (χ0) is 26.3. The summed E-state index contributed by atoms with van der Waals surface area (Å²) in [6, 6.07) is 3.47. The van der Waals surface area contributed by atoms with Gasteiger partial charge in [0.25, 0.3) is 0 Å². The maximum atomic E-state index is 11.8. The molecule has 3 aromatic rings. The van der Waals surface area contributed by atoms with E-state index in [9.17, 15) is 4.79 Å². The average Bonchev–Trinajstić information content (AvgIpc) is 3.20.